The molecule has 0 spiro atoms. The molecule has 1 aromatic carbocycles. The number of urea groups is 1. The Morgan fingerprint density at radius 2 is 1.77 bits per heavy atom. The van der Waals surface area contributed by atoms with Gasteiger partial charge in [0, 0.05) is 75.1 Å². The first-order chi connectivity index (χ1) is 19.1. The van der Waals surface area contributed by atoms with Gasteiger partial charge in [-0.15, -0.1) is 11.3 Å². The molecule has 3 aromatic rings. The summed E-state index contributed by atoms with van der Waals surface area (Å²) in [6, 6.07) is 11.6. The molecule has 2 saturated heterocycles. The lowest BCUT2D eigenvalue weighted by Gasteiger charge is -2.39. The summed E-state index contributed by atoms with van der Waals surface area (Å²) >= 11 is 1.53. The predicted molar refractivity (Wildman–Crippen MR) is 149 cm³/mol. The summed E-state index contributed by atoms with van der Waals surface area (Å²) < 4.78 is 10.9. The molecule has 39 heavy (non-hydrogen) atoms. The Labute approximate surface area is 231 Å². The molecule has 0 radical (unpaired) electrons. The summed E-state index contributed by atoms with van der Waals surface area (Å²) in [4.78, 5) is 43.5. The number of hydrogen-bond acceptors (Lipinski definition) is 8. The SMILES string of the molecule is CCN(C(=O)c1csc(C2CCN(C(=O)N3CCN(c4ccccn4)CC3)CC2)n1)c1ccc2c(c1)OCO2. The molecular weight excluding hydrogens is 516 g/mol. The number of thiazole rings is 1. The molecule has 2 fully saturated rings. The smallest absolute Gasteiger partial charge is 0.320 e. The number of amides is 3. The maximum absolute atomic E-state index is 13.3. The van der Waals surface area contributed by atoms with Crippen molar-refractivity contribution >= 4 is 34.8 Å². The van der Waals surface area contributed by atoms with Crippen LogP contribution in [0.4, 0.5) is 16.3 Å². The quantitative estimate of drug-likeness (QED) is 0.475. The van der Waals surface area contributed by atoms with Gasteiger partial charge in [-0.2, -0.15) is 0 Å². The molecule has 5 heterocycles. The third-order valence-electron chi connectivity index (χ3n) is 7.61. The minimum absolute atomic E-state index is 0.117. The number of carbonyl (C=O) groups excluding carboxylic acids is 2. The zero-order valence-electron chi connectivity index (χ0n) is 22.0. The van der Waals surface area contributed by atoms with Crippen molar-refractivity contribution in [2.45, 2.75) is 25.7 Å². The van der Waals surface area contributed by atoms with Gasteiger partial charge in [-0.3, -0.25) is 4.79 Å². The van der Waals surface area contributed by atoms with E-state index in [0.717, 1.165) is 42.4 Å². The number of piperidine rings is 1. The molecular formula is C28H32N6O4S. The van der Waals surface area contributed by atoms with Crippen molar-refractivity contribution in [2.24, 2.45) is 0 Å². The molecule has 11 heteroatoms. The summed E-state index contributed by atoms with van der Waals surface area (Å²) in [7, 11) is 0. The van der Waals surface area contributed by atoms with Crippen LogP contribution >= 0.6 is 11.3 Å². The van der Waals surface area contributed by atoms with Gasteiger partial charge in [0.15, 0.2) is 11.5 Å². The molecule has 3 aliphatic rings. The van der Waals surface area contributed by atoms with Crippen LogP contribution < -0.4 is 19.3 Å². The number of rotatable bonds is 5. The minimum Gasteiger partial charge on any atom is -0.454 e. The standard InChI is InChI=1S/C28H32N6O4S/c1-2-34(21-6-7-23-24(17-21)38-19-37-23)27(35)22-18-39-26(30-22)20-8-11-32(12-9-20)28(36)33-15-13-31(14-16-33)25-5-3-4-10-29-25/h3-7,10,17-18,20H,2,8-9,11-16,19H2,1H3. The first-order valence-corrected chi connectivity index (χ1v) is 14.4. The van der Waals surface area contributed by atoms with Gasteiger partial charge in [0.2, 0.25) is 6.79 Å². The Morgan fingerprint density at radius 3 is 2.51 bits per heavy atom. The van der Waals surface area contributed by atoms with Crippen LogP contribution in [0.5, 0.6) is 11.5 Å². The molecule has 3 aliphatic heterocycles. The Bertz CT molecular complexity index is 1320. The molecule has 6 rings (SSSR count). The number of pyridine rings is 1. The number of piperazine rings is 1. The van der Waals surface area contributed by atoms with Gasteiger partial charge < -0.3 is 29.1 Å². The number of carbonyl (C=O) groups is 2. The third kappa shape index (κ3) is 5.23. The van der Waals surface area contributed by atoms with Crippen LogP contribution in [0.25, 0.3) is 0 Å². The van der Waals surface area contributed by atoms with E-state index in [1.165, 1.54) is 11.3 Å². The van der Waals surface area contributed by atoms with E-state index in [2.05, 4.69) is 9.88 Å². The molecule has 0 N–H and O–H groups in total. The predicted octanol–water partition coefficient (Wildman–Crippen LogP) is 4.06. The third-order valence-corrected chi connectivity index (χ3v) is 8.62. The number of hydrogen-bond donors (Lipinski definition) is 0. The van der Waals surface area contributed by atoms with Gasteiger partial charge in [0.25, 0.3) is 5.91 Å². The van der Waals surface area contributed by atoms with Crippen molar-refractivity contribution in [3.05, 3.63) is 58.7 Å². The molecule has 10 nitrogen and oxygen atoms in total. The average Bonchev–Trinajstić information content (AvgIpc) is 3.68. The second kappa shape index (κ2) is 11.1. The van der Waals surface area contributed by atoms with Crippen molar-refractivity contribution in [3.63, 3.8) is 0 Å². The molecule has 2 aromatic heterocycles. The Hall–Kier alpha value is -3.86. The summed E-state index contributed by atoms with van der Waals surface area (Å²) in [6.45, 7) is 7.03. The second-order valence-electron chi connectivity index (χ2n) is 9.86. The van der Waals surface area contributed by atoms with Crippen molar-refractivity contribution in [1.82, 2.24) is 19.8 Å². The molecule has 204 valence electrons. The fraction of sp³-hybridized carbons (Fsp3) is 0.429. The van der Waals surface area contributed by atoms with Gasteiger partial charge in [-0.05, 0) is 44.0 Å². The number of nitrogens with zero attached hydrogens (tertiary/aromatic N) is 6. The van der Waals surface area contributed by atoms with Crippen molar-refractivity contribution < 1.29 is 19.1 Å². The summed E-state index contributed by atoms with van der Waals surface area (Å²) in [6.07, 6.45) is 3.50. The first kappa shape index (κ1) is 25.4. The van der Waals surface area contributed by atoms with Crippen LogP contribution in [0.3, 0.4) is 0 Å². The van der Waals surface area contributed by atoms with Crippen molar-refractivity contribution in [2.75, 3.05) is 62.4 Å². The van der Waals surface area contributed by atoms with Gasteiger partial charge in [-0.25, -0.2) is 14.8 Å². The lowest BCUT2D eigenvalue weighted by Crippen LogP contribution is -2.54. The monoisotopic (exact) mass is 548 g/mol. The number of likely N-dealkylation sites (tertiary alicyclic amines) is 1. The summed E-state index contributed by atoms with van der Waals surface area (Å²) in [5, 5.41) is 2.82. The van der Waals surface area contributed by atoms with E-state index in [1.54, 1.807) is 11.1 Å². The largest absolute Gasteiger partial charge is 0.454 e. The van der Waals surface area contributed by atoms with Crippen LogP contribution in [0.2, 0.25) is 0 Å². The number of anilines is 2. The molecule has 0 bridgehead atoms. The molecule has 0 aliphatic carbocycles. The highest BCUT2D eigenvalue weighted by molar-refractivity contribution is 7.10. The number of ether oxygens (including phenoxy) is 2. The van der Waals surface area contributed by atoms with Gasteiger partial charge in [0.05, 0.1) is 5.01 Å². The first-order valence-electron chi connectivity index (χ1n) is 13.5. The summed E-state index contributed by atoms with van der Waals surface area (Å²) in [5.41, 5.74) is 1.22. The minimum atomic E-state index is -0.128. The lowest BCUT2D eigenvalue weighted by atomic mass is 9.98. The highest BCUT2D eigenvalue weighted by atomic mass is 32.1. The second-order valence-corrected chi connectivity index (χ2v) is 10.8. The van der Waals surface area contributed by atoms with Crippen LogP contribution in [-0.4, -0.2) is 84.3 Å². The highest BCUT2D eigenvalue weighted by Gasteiger charge is 2.31. The number of fused-ring (bicyclic) bond motifs is 1. The van der Waals surface area contributed by atoms with E-state index in [9.17, 15) is 9.59 Å². The summed E-state index contributed by atoms with van der Waals surface area (Å²) in [5.74, 6) is 2.42. The zero-order valence-corrected chi connectivity index (χ0v) is 22.8. The van der Waals surface area contributed by atoms with Crippen molar-refractivity contribution in [3.8, 4) is 11.5 Å². The van der Waals surface area contributed by atoms with Crippen LogP contribution in [0, 0.1) is 0 Å². The van der Waals surface area contributed by atoms with Crippen LogP contribution in [0.1, 0.15) is 41.2 Å². The van der Waals surface area contributed by atoms with E-state index < -0.39 is 0 Å². The van der Waals surface area contributed by atoms with E-state index >= 15 is 0 Å². The van der Waals surface area contributed by atoms with E-state index in [4.69, 9.17) is 14.5 Å². The maximum atomic E-state index is 13.3. The van der Waals surface area contributed by atoms with Crippen LogP contribution in [-0.2, 0) is 0 Å². The van der Waals surface area contributed by atoms with Crippen molar-refractivity contribution in [1.29, 1.82) is 0 Å². The molecule has 0 unspecified atom stereocenters. The van der Waals surface area contributed by atoms with E-state index in [0.29, 0.717) is 49.9 Å². The van der Waals surface area contributed by atoms with Crippen LogP contribution in [0.15, 0.2) is 48.0 Å². The van der Waals surface area contributed by atoms with E-state index in [-0.39, 0.29) is 24.6 Å². The van der Waals surface area contributed by atoms with Gasteiger partial charge >= 0.3 is 6.03 Å². The van der Waals surface area contributed by atoms with E-state index in [1.807, 2.05) is 58.5 Å². The highest BCUT2D eigenvalue weighted by Crippen LogP contribution is 2.36. The molecule has 0 atom stereocenters. The number of aromatic nitrogens is 2. The molecule has 0 saturated carbocycles. The fourth-order valence-electron chi connectivity index (χ4n) is 5.39. The number of benzene rings is 1. The zero-order chi connectivity index (χ0) is 26.8. The van der Waals surface area contributed by atoms with Gasteiger partial charge in [-0.1, -0.05) is 6.07 Å². The maximum Gasteiger partial charge on any atom is 0.320 e. The lowest BCUT2D eigenvalue weighted by molar-refractivity contribution is 0.0984. The average molecular weight is 549 g/mol. The Kier molecular flexibility index (Phi) is 7.23. The Balaban J connectivity index is 1.03. The Morgan fingerprint density at radius 1 is 1.00 bits per heavy atom. The topological polar surface area (TPSA) is 91.3 Å². The van der Waals surface area contributed by atoms with Gasteiger partial charge in [0.1, 0.15) is 11.5 Å². The molecule has 3 amide bonds. The normalized spacial score (nSPS) is 17.4. The fourth-order valence-corrected chi connectivity index (χ4v) is 6.36.